The van der Waals surface area contributed by atoms with Gasteiger partial charge < -0.3 is 64.5 Å². The second-order valence-electron chi connectivity index (χ2n) is 13.3. The highest BCUT2D eigenvalue weighted by atomic mass is 16.7. The molecule has 19 nitrogen and oxygen atoms in total. The zero-order valence-electron chi connectivity index (χ0n) is 30.9. The molecular weight excluding hydrogens is 776 g/mol. The van der Waals surface area contributed by atoms with E-state index in [1.54, 1.807) is 48.5 Å². The summed E-state index contributed by atoms with van der Waals surface area (Å²) in [7, 11) is 0. The average Bonchev–Trinajstić information content (AvgIpc) is 3.25. The lowest BCUT2D eigenvalue weighted by Gasteiger charge is -2.39. The van der Waals surface area contributed by atoms with E-state index in [-0.39, 0.29) is 22.6 Å². The molecule has 10 N–H and O–H groups in total. The smallest absolute Gasteiger partial charge is 0.271 e. The van der Waals surface area contributed by atoms with Gasteiger partial charge in [0, 0.05) is 11.1 Å². The largest absolute Gasteiger partial charge is 0.462 e. The van der Waals surface area contributed by atoms with Gasteiger partial charge in [0.1, 0.15) is 71.8 Å². The maximum absolute atomic E-state index is 12.6. The molecule has 19 heteroatoms. The molecule has 0 spiro atoms. The average molecular weight is 819 g/mol. The van der Waals surface area contributed by atoms with Crippen molar-refractivity contribution in [2.45, 2.75) is 61.4 Å². The van der Waals surface area contributed by atoms with Crippen LogP contribution in [0.15, 0.2) is 107 Å². The molecule has 10 atom stereocenters. The predicted octanol–water partition coefficient (Wildman–Crippen LogP) is -0.636. The zero-order valence-corrected chi connectivity index (χ0v) is 30.9. The van der Waals surface area contributed by atoms with Gasteiger partial charge in [-0.25, -0.2) is 10.9 Å². The minimum atomic E-state index is -1.58. The number of benzene rings is 4. The van der Waals surface area contributed by atoms with Gasteiger partial charge >= 0.3 is 0 Å². The van der Waals surface area contributed by atoms with Crippen LogP contribution in [0.5, 0.6) is 23.0 Å². The number of hydrazone groups is 2. The number of nitrogens with one attached hydrogen (secondary N) is 2. The van der Waals surface area contributed by atoms with Crippen LogP contribution >= 0.6 is 0 Å². The highest BCUT2D eigenvalue weighted by Crippen LogP contribution is 2.27. The molecule has 0 saturated carbocycles. The van der Waals surface area contributed by atoms with Crippen LogP contribution in [0.3, 0.4) is 0 Å². The number of aliphatic hydroxyl groups is 8. The van der Waals surface area contributed by atoms with E-state index in [0.29, 0.717) is 22.6 Å². The van der Waals surface area contributed by atoms with Crippen molar-refractivity contribution in [3.63, 3.8) is 0 Å². The summed E-state index contributed by atoms with van der Waals surface area (Å²) in [6, 6.07) is 25.4. The van der Waals surface area contributed by atoms with Crippen LogP contribution in [-0.2, 0) is 9.47 Å². The molecule has 312 valence electrons. The van der Waals surface area contributed by atoms with Crippen LogP contribution < -0.4 is 25.1 Å². The molecule has 2 heterocycles. The summed E-state index contributed by atoms with van der Waals surface area (Å²) in [5.41, 5.74) is 6.70. The lowest BCUT2D eigenvalue weighted by molar-refractivity contribution is -0.277. The summed E-state index contributed by atoms with van der Waals surface area (Å²) < 4.78 is 27.6. The van der Waals surface area contributed by atoms with E-state index in [4.69, 9.17) is 23.7 Å². The molecule has 0 radical (unpaired) electrons. The maximum Gasteiger partial charge on any atom is 0.271 e. The number of carbonyl (C=O) groups excluding carboxylic acids is 2. The molecule has 0 aliphatic carbocycles. The Bertz CT molecular complexity index is 1900. The molecule has 2 fully saturated rings. The Morgan fingerprint density at radius 1 is 0.508 bits per heavy atom. The van der Waals surface area contributed by atoms with Crippen molar-refractivity contribution >= 4 is 24.2 Å². The number of aliphatic hydroxyl groups excluding tert-OH is 8. The topological polar surface area (TPSA) is 291 Å². The quantitative estimate of drug-likeness (QED) is 0.0560. The van der Waals surface area contributed by atoms with Gasteiger partial charge in [0.25, 0.3) is 11.8 Å². The summed E-state index contributed by atoms with van der Waals surface area (Å²) in [6.45, 7) is -1.18. The van der Waals surface area contributed by atoms with Gasteiger partial charge in [0.15, 0.2) is 0 Å². The molecule has 0 bridgehead atoms. The lowest BCUT2D eigenvalue weighted by atomic mass is 9.99. The van der Waals surface area contributed by atoms with Crippen molar-refractivity contribution < 1.29 is 74.1 Å². The standard InChI is InChI=1S/C40H42N4O15/c45-19-29-31(47)33(49)35(51)39(58-29)56-27-13-5-23(6-14-27)37(53)43-41-17-21-1-9-25(10-2-21)55-26-11-3-22(4-12-26)18-42-44-38(54)24-7-15-28(16-8-24)57-40-36(52)34(50)32(48)30(20-46)59-40/h1-18,29-36,39-40,45-52H,19-20H2,(H,43,53)(H,44,54)/b41-17+,42-18+/t29-,30-,31+,32+,33+,34+,35-,36-,39-,40-/m1/s1. The van der Waals surface area contributed by atoms with Crippen molar-refractivity contribution in [1.29, 1.82) is 0 Å². The SMILES string of the molecule is O=C(N/N=C/c1ccc(Oc2ccc(/C=N/NC(=O)c3ccc(O[C@@H]4O[C@H](CO)[C@H](O)[C@H](O)[C@H]4O)cc3)cc2)cc1)c1ccc(O[C@@H]2O[C@H](CO)[C@H](O)[C@H](O)[C@H]2O)cc1. The van der Waals surface area contributed by atoms with Crippen molar-refractivity contribution in [2.24, 2.45) is 10.2 Å². The van der Waals surface area contributed by atoms with E-state index in [0.717, 1.165) is 0 Å². The monoisotopic (exact) mass is 818 g/mol. The molecule has 0 aromatic heterocycles. The van der Waals surface area contributed by atoms with Crippen molar-refractivity contribution in [1.82, 2.24) is 10.9 Å². The molecule has 4 aromatic carbocycles. The summed E-state index contributed by atoms with van der Waals surface area (Å²) in [6.07, 6.45) is -11.4. The number of rotatable bonds is 14. The third-order valence-corrected chi connectivity index (χ3v) is 9.19. The zero-order chi connectivity index (χ0) is 42.1. The summed E-state index contributed by atoms with van der Waals surface area (Å²) in [5.74, 6) is 0.473. The Kier molecular flexibility index (Phi) is 14.3. The van der Waals surface area contributed by atoms with Gasteiger partial charge in [0.2, 0.25) is 12.6 Å². The Labute approximate surface area is 336 Å². The minimum absolute atomic E-state index is 0.207. The molecule has 6 rings (SSSR count). The summed E-state index contributed by atoms with van der Waals surface area (Å²) >= 11 is 0. The predicted molar refractivity (Wildman–Crippen MR) is 205 cm³/mol. The van der Waals surface area contributed by atoms with E-state index >= 15 is 0 Å². The molecule has 0 unspecified atom stereocenters. The first-order valence-electron chi connectivity index (χ1n) is 18.1. The molecule has 2 aliphatic rings. The fourth-order valence-corrected chi connectivity index (χ4v) is 5.81. The first kappa shape index (κ1) is 42.8. The molecule has 2 saturated heterocycles. The fourth-order valence-electron chi connectivity index (χ4n) is 5.81. The lowest BCUT2D eigenvalue weighted by Crippen LogP contribution is -2.60. The van der Waals surface area contributed by atoms with Crippen LogP contribution in [0, 0.1) is 0 Å². The van der Waals surface area contributed by atoms with E-state index < -0.39 is 86.4 Å². The van der Waals surface area contributed by atoms with E-state index in [1.165, 1.54) is 61.0 Å². The van der Waals surface area contributed by atoms with E-state index in [2.05, 4.69) is 21.1 Å². The first-order chi connectivity index (χ1) is 28.4. The van der Waals surface area contributed by atoms with E-state index in [9.17, 15) is 50.4 Å². The molecule has 2 amide bonds. The van der Waals surface area contributed by atoms with Gasteiger partial charge in [-0.3, -0.25) is 9.59 Å². The van der Waals surface area contributed by atoms with Crippen LogP contribution in [0.25, 0.3) is 0 Å². The van der Waals surface area contributed by atoms with Crippen LogP contribution in [0.4, 0.5) is 0 Å². The van der Waals surface area contributed by atoms with Crippen molar-refractivity contribution in [2.75, 3.05) is 13.2 Å². The number of hydrogen-bond donors (Lipinski definition) is 10. The number of hydrogen-bond acceptors (Lipinski definition) is 17. The van der Waals surface area contributed by atoms with Gasteiger partial charge in [-0.2, -0.15) is 10.2 Å². The van der Waals surface area contributed by atoms with Crippen LogP contribution in [-0.4, -0.2) is 140 Å². The Morgan fingerprint density at radius 2 is 0.847 bits per heavy atom. The minimum Gasteiger partial charge on any atom is -0.462 e. The van der Waals surface area contributed by atoms with E-state index in [1.807, 2.05) is 0 Å². The Hall–Kier alpha value is -5.84. The number of carbonyl (C=O) groups is 2. The van der Waals surface area contributed by atoms with Gasteiger partial charge in [0.05, 0.1) is 25.6 Å². The third kappa shape index (κ3) is 10.8. The van der Waals surface area contributed by atoms with Gasteiger partial charge in [-0.05, 0) is 108 Å². The van der Waals surface area contributed by atoms with Gasteiger partial charge in [-0.1, -0.05) is 0 Å². The molecule has 59 heavy (non-hydrogen) atoms. The molecule has 4 aromatic rings. The first-order valence-corrected chi connectivity index (χ1v) is 18.1. The van der Waals surface area contributed by atoms with Crippen LogP contribution in [0.1, 0.15) is 31.8 Å². The molecular formula is C40H42N4O15. The van der Waals surface area contributed by atoms with Crippen molar-refractivity contribution in [3.05, 3.63) is 119 Å². The molecule has 2 aliphatic heterocycles. The third-order valence-electron chi connectivity index (χ3n) is 9.19. The van der Waals surface area contributed by atoms with Crippen molar-refractivity contribution in [3.8, 4) is 23.0 Å². The Morgan fingerprint density at radius 3 is 1.19 bits per heavy atom. The maximum atomic E-state index is 12.6. The number of nitrogens with zero attached hydrogens (tertiary/aromatic N) is 2. The second kappa shape index (κ2) is 19.7. The number of amides is 2. The highest BCUT2D eigenvalue weighted by molar-refractivity contribution is 5.95. The Balaban J connectivity index is 0.918. The van der Waals surface area contributed by atoms with Gasteiger partial charge in [-0.15, -0.1) is 0 Å². The number of ether oxygens (including phenoxy) is 5. The summed E-state index contributed by atoms with van der Waals surface area (Å²) in [5, 5.41) is 86.7. The highest BCUT2D eigenvalue weighted by Gasteiger charge is 2.45. The normalized spacial score (nSPS) is 27.0. The van der Waals surface area contributed by atoms with Crippen LogP contribution in [0.2, 0.25) is 0 Å². The fraction of sp³-hybridized carbons (Fsp3) is 0.300. The second-order valence-corrected chi connectivity index (χ2v) is 13.3. The summed E-state index contributed by atoms with van der Waals surface area (Å²) in [4.78, 5) is 25.2.